The van der Waals surface area contributed by atoms with Gasteiger partial charge in [-0.2, -0.15) is 0 Å². The average Bonchev–Trinajstić information content (AvgIpc) is 2.65. The summed E-state index contributed by atoms with van der Waals surface area (Å²) in [5.74, 6) is -0.309. The molecule has 0 heterocycles. The first kappa shape index (κ1) is 23.5. The number of hydrogen-bond acceptors (Lipinski definition) is 2. The lowest BCUT2D eigenvalue weighted by Gasteiger charge is -2.04. The van der Waals surface area contributed by atoms with Gasteiger partial charge in [-0.3, -0.25) is 4.79 Å². The molecule has 1 rings (SSSR count). The number of carbonyl (C=O) groups is 1. The van der Waals surface area contributed by atoms with Gasteiger partial charge in [-0.1, -0.05) is 95.6 Å². The molecule has 0 aliphatic rings. The summed E-state index contributed by atoms with van der Waals surface area (Å²) < 4.78 is 0. The van der Waals surface area contributed by atoms with Gasteiger partial charge in [-0.25, -0.2) is 0 Å². The van der Waals surface area contributed by atoms with Crippen LogP contribution in [0.5, 0.6) is 5.75 Å². The van der Waals surface area contributed by atoms with E-state index in [0.29, 0.717) is 12.2 Å². The van der Waals surface area contributed by atoms with Crippen molar-refractivity contribution in [2.24, 2.45) is 0 Å². The Kier molecular flexibility index (Phi) is 14.5. The monoisotopic (exact) mass is 376 g/mol. The largest absolute Gasteiger partial charge is 0.508 e. The molecule has 3 nitrogen and oxygen atoms in total. The first-order valence-corrected chi connectivity index (χ1v) is 11.2. The highest BCUT2D eigenvalue weighted by Gasteiger charge is 1.98. The Hall–Kier alpha value is -1.51. The minimum absolute atomic E-state index is 0.332. The Morgan fingerprint density at radius 3 is 1.37 bits per heavy atom. The predicted octanol–water partition coefficient (Wildman–Crippen LogP) is 7.26. The fourth-order valence-corrected chi connectivity index (χ4v) is 3.57. The first-order chi connectivity index (χ1) is 13.2. The number of unbranched alkanes of at least 4 members (excludes halogenated alkanes) is 14. The Bertz CT molecular complexity index is 467. The number of aryl methyl sites for hydroxylation is 1. The molecule has 0 amide bonds. The number of carboxylic acids is 1. The van der Waals surface area contributed by atoms with E-state index in [9.17, 15) is 9.90 Å². The molecule has 0 aliphatic heterocycles. The van der Waals surface area contributed by atoms with Crippen LogP contribution in [0.4, 0.5) is 0 Å². The van der Waals surface area contributed by atoms with Crippen LogP contribution in [0.3, 0.4) is 0 Å². The molecule has 3 heteroatoms. The zero-order valence-corrected chi connectivity index (χ0v) is 17.1. The third kappa shape index (κ3) is 15.3. The second-order valence-electron chi connectivity index (χ2n) is 7.86. The van der Waals surface area contributed by atoms with Gasteiger partial charge in [0.1, 0.15) is 5.75 Å². The standard InChI is InChI=1S/C24H40O3/c25-23-20-18-22(19-21-23)16-14-12-10-8-6-4-2-1-3-5-7-9-11-13-15-17-24(26)27/h18-21,25H,1-17H2,(H,26,27). The highest BCUT2D eigenvalue weighted by atomic mass is 16.4. The Morgan fingerprint density at radius 1 is 0.593 bits per heavy atom. The van der Waals surface area contributed by atoms with E-state index in [-0.39, 0.29) is 0 Å². The van der Waals surface area contributed by atoms with Crippen molar-refractivity contribution in [2.45, 2.75) is 109 Å². The first-order valence-electron chi connectivity index (χ1n) is 11.2. The molecule has 2 N–H and O–H groups in total. The number of phenols is 1. The third-order valence-corrected chi connectivity index (χ3v) is 5.29. The molecule has 0 fully saturated rings. The predicted molar refractivity (Wildman–Crippen MR) is 113 cm³/mol. The maximum absolute atomic E-state index is 10.4. The molecule has 0 saturated heterocycles. The fraction of sp³-hybridized carbons (Fsp3) is 0.708. The van der Waals surface area contributed by atoms with Gasteiger partial charge < -0.3 is 10.2 Å². The van der Waals surface area contributed by atoms with Crippen LogP contribution in [0.2, 0.25) is 0 Å². The van der Waals surface area contributed by atoms with Crippen LogP contribution in [0.1, 0.15) is 108 Å². The Morgan fingerprint density at radius 2 is 0.963 bits per heavy atom. The summed E-state index contributed by atoms with van der Waals surface area (Å²) in [6, 6.07) is 7.60. The van der Waals surface area contributed by atoms with Crippen molar-refractivity contribution >= 4 is 5.97 Å². The fourth-order valence-electron chi connectivity index (χ4n) is 3.57. The van der Waals surface area contributed by atoms with Crippen LogP contribution in [0.15, 0.2) is 24.3 Å². The van der Waals surface area contributed by atoms with E-state index in [2.05, 4.69) is 0 Å². The van der Waals surface area contributed by atoms with Crippen molar-refractivity contribution in [2.75, 3.05) is 0 Å². The molecule has 1 aromatic carbocycles. The van der Waals surface area contributed by atoms with Gasteiger partial charge in [-0.15, -0.1) is 0 Å². The highest BCUT2D eigenvalue weighted by Crippen LogP contribution is 2.15. The second-order valence-corrected chi connectivity index (χ2v) is 7.86. The zero-order valence-electron chi connectivity index (χ0n) is 17.1. The number of aliphatic carboxylic acids is 1. The van der Waals surface area contributed by atoms with Gasteiger partial charge in [0.05, 0.1) is 0 Å². The minimum Gasteiger partial charge on any atom is -0.508 e. The number of aromatic hydroxyl groups is 1. The van der Waals surface area contributed by atoms with Gasteiger partial charge in [0.25, 0.3) is 0 Å². The number of hydrogen-bond donors (Lipinski definition) is 2. The van der Waals surface area contributed by atoms with Gasteiger partial charge in [0, 0.05) is 6.42 Å². The molecule has 0 aromatic heterocycles. The summed E-state index contributed by atoms with van der Waals surface area (Å²) in [6.07, 6.45) is 20.6. The minimum atomic E-state index is -0.663. The summed E-state index contributed by atoms with van der Waals surface area (Å²) in [5.41, 5.74) is 1.33. The van der Waals surface area contributed by atoms with Crippen LogP contribution in [-0.4, -0.2) is 16.2 Å². The van der Waals surface area contributed by atoms with Gasteiger partial charge in [-0.05, 0) is 37.0 Å². The van der Waals surface area contributed by atoms with Crippen molar-refractivity contribution in [1.29, 1.82) is 0 Å². The summed E-state index contributed by atoms with van der Waals surface area (Å²) in [4.78, 5) is 10.4. The molecule has 0 unspecified atom stereocenters. The molecule has 0 bridgehead atoms. The van der Waals surface area contributed by atoms with E-state index < -0.39 is 5.97 Å². The number of benzene rings is 1. The van der Waals surface area contributed by atoms with Gasteiger partial charge >= 0.3 is 5.97 Å². The van der Waals surface area contributed by atoms with Crippen molar-refractivity contribution in [3.05, 3.63) is 29.8 Å². The summed E-state index contributed by atoms with van der Waals surface area (Å²) in [7, 11) is 0. The van der Waals surface area contributed by atoms with E-state index in [0.717, 1.165) is 19.3 Å². The molecular formula is C24H40O3. The molecule has 0 atom stereocenters. The number of rotatable bonds is 18. The highest BCUT2D eigenvalue weighted by molar-refractivity contribution is 5.66. The number of phenolic OH excluding ortho intramolecular Hbond substituents is 1. The molecule has 1 aromatic rings. The van der Waals surface area contributed by atoms with Crippen LogP contribution >= 0.6 is 0 Å². The van der Waals surface area contributed by atoms with E-state index >= 15 is 0 Å². The van der Waals surface area contributed by atoms with E-state index in [1.54, 1.807) is 12.1 Å². The van der Waals surface area contributed by atoms with Crippen molar-refractivity contribution in [3.63, 3.8) is 0 Å². The maximum atomic E-state index is 10.4. The van der Waals surface area contributed by atoms with Crippen LogP contribution in [0, 0.1) is 0 Å². The van der Waals surface area contributed by atoms with E-state index in [1.165, 1.54) is 89.0 Å². The average molecular weight is 377 g/mol. The quantitative estimate of drug-likeness (QED) is 0.265. The SMILES string of the molecule is O=C(O)CCCCCCCCCCCCCCCCCc1ccc(O)cc1. The topological polar surface area (TPSA) is 57.5 Å². The van der Waals surface area contributed by atoms with Gasteiger partial charge in [0.2, 0.25) is 0 Å². The second kappa shape index (κ2) is 16.6. The Balaban J connectivity index is 1.73. The molecule has 154 valence electrons. The van der Waals surface area contributed by atoms with Crippen molar-refractivity contribution in [1.82, 2.24) is 0 Å². The lowest BCUT2D eigenvalue weighted by atomic mass is 10.0. The van der Waals surface area contributed by atoms with E-state index in [1.807, 2.05) is 12.1 Å². The smallest absolute Gasteiger partial charge is 0.303 e. The zero-order chi connectivity index (χ0) is 19.6. The molecule has 0 spiro atoms. The summed E-state index contributed by atoms with van der Waals surface area (Å²) in [6.45, 7) is 0. The normalized spacial score (nSPS) is 11.0. The molecular weight excluding hydrogens is 336 g/mol. The lowest BCUT2D eigenvalue weighted by Crippen LogP contribution is -1.93. The lowest BCUT2D eigenvalue weighted by molar-refractivity contribution is -0.137. The molecule has 0 saturated carbocycles. The number of carboxylic acid groups (broad SMARTS) is 1. The Labute approximate surface area is 166 Å². The summed E-state index contributed by atoms with van der Waals surface area (Å²) >= 11 is 0. The summed E-state index contributed by atoms with van der Waals surface area (Å²) in [5, 5.41) is 17.8. The van der Waals surface area contributed by atoms with Crippen LogP contribution in [-0.2, 0) is 11.2 Å². The van der Waals surface area contributed by atoms with E-state index in [4.69, 9.17) is 5.11 Å². The maximum Gasteiger partial charge on any atom is 0.303 e. The van der Waals surface area contributed by atoms with Crippen LogP contribution < -0.4 is 0 Å². The van der Waals surface area contributed by atoms with Gasteiger partial charge in [0.15, 0.2) is 0 Å². The van der Waals surface area contributed by atoms with Crippen LogP contribution in [0.25, 0.3) is 0 Å². The third-order valence-electron chi connectivity index (χ3n) is 5.29. The molecule has 0 aliphatic carbocycles. The van der Waals surface area contributed by atoms with Crippen molar-refractivity contribution in [3.8, 4) is 5.75 Å². The van der Waals surface area contributed by atoms with Crippen molar-refractivity contribution < 1.29 is 15.0 Å². The molecule has 27 heavy (non-hydrogen) atoms. The molecule has 0 radical (unpaired) electrons.